The first kappa shape index (κ1) is 31.0. The Morgan fingerprint density at radius 1 is 0.932 bits per heavy atom. The third-order valence-electron chi connectivity index (χ3n) is 7.88. The number of hydrazone groups is 1. The van der Waals surface area contributed by atoms with Crippen LogP contribution in [0.5, 0.6) is 17.2 Å². The van der Waals surface area contributed by atoms with Crippen LogP contribution >= 0.6 is 0 Å². The van der Waals surface area contributed by atoms with Crippen LogP contribution in [0.4, 0.5) is 4.39 Å². The summed E-state index contributed by atoms with van der Waals surface area (Å²) in [4.78, 5) is 31.6. The first-order valence-electron chi connectivity index (χ1n) is 14.5. The smallest absolute Gasteiger partial charge is 0.262 e. The van der Waals surface area contributed by atoms with Gasteiger partial charge in [0.05, 0.1) is 46.3 Å². The van der Waals surface area contributed by atoms with Crippen molar-refractivity contribution in [2.24, 2.45) is 5.10 Å². The fraction of sp³-hybridized carbons (Fsp3) is 0.364. The molecule has 5 rings (SSSR count). The van der Waals surface area contributed by atoms with Crippen LogP contribution in [0.1, 0.15) is 33.9 Å². The van der Waals surface area contributed by atoms with Gasteiger partial charge in [-0.15, -0.1) is 0 Å². The molecule has 1 atom stereocenters. The Hall–Kier alpha value is -4.48. The molecule has 0 radical (unpaired) electrons. The number of ether oxygens (including phenoxy) is 4. The van der Waals surface area contributed by atoms with Crippen LogP contribution in [-0.2, 0) is 9.53 Å². The minimum atomic E-state index is -0.498. The van der Waals surface area contributed by atoms with Gasteiger partial charge < -0.3 is 23.8 Å². The molecule has 1 saturated heterocycles. The van der Waals surface area contributed by atoms with Crippen LogP contribution in [0.2, 0.25) is 0 Å². The van der Waals surface area contributed by atoms with Crippen molar-refractivity contribution < 1.29 is 32.9 Å². The number of hydrogen-bond acceptors (Lipinski definition) is 8. The van der Waals surface area contributed by atoms with Gasteiger partial charge >= 0.3 is 0 Å². The maximum Gasteiger partial charge on any atom is 0.262 e. The molecule has 11 heteroatoms. The molecule has 3 aromatic rings. The minimum absolute atomic E-state index is 0.191. The van der Waals surface area contributed by atoms with Gasteiger partial charge in [0.25, 0.3) is 11.8 Å². The maximum absolute atomic E-state index is 14.1. The number of morpholine rings is 1. The number of rotatable bonds is 11. The number of hydrogen-bond donors (Lipinski definition) is 0. The molecule has 2 aliphatic heterocycles. The van der Waals surface area contributed by atoms with E-state index in [1.54, 1.807) is 74.8 Å². The first-order chi connectivity index (χ1) is 21.4. The van der Waals surface area contributed by atoms with Crippen molar-refractivity contribution in [3.63, 3.8) is 0 Å². The molecule has 1 fully saturated rings. The van der Waals surface area contributed by atoms with Crippen LogP contribution in [0, 0.1) is 5.82 Å². The molecule has 0 unspecified atom stereocenters. The minimum Gasteiger partial charge on any atom is -0.497 e. The molecule has 232 valence electrons. The highest BCUT2D eigenvalue weighted by Gasteiger charge is 2.35. The average molecular weight is 605 g/mol. The van der Waals surface area contributed by atoms with E-state index in [2.05, 4.69) is 4.90 Å². The third-order valence-corrected chi connectivity index (χ3v) is 7.88. The zero-order valence-electron chi connectivity index (χ0n) is 25.2. The predicted molar refractivity (Wildman–Crippen MR) is 163 cm³/mol. The molecule has 44 heavy (non-hydrogen) atoms. The lowest BCUT2D eigenvalue weighted by Crippen LogP contribution is -2.46. The number of carbonyl (C=O) groups excluding carboxylic acids is 2. The van der Waals surface area contributed by atoms with E-state index >= 15 is 0 Å². The summed E-state index contributed by atoms with van der Waals surface area (Å²) in [7, 11) is 4.70. The summed E-state index contributed by atoms with van der Waals surface area (Å²) >= 11 is 0. The number of benzene rings is 3. The Balaban J connectivity index is 1.44. The first-order valence-corrected chi connectivity index (χ1v) is 14.5. The normalized spacial score (nSPS) is 16.8. The second-order valence-corrected chi connectivity index (χ2v) is 10.5. The lowest BCUT2D eigenvalue weighted by atomic mass is 9.97. The topological polar surface area (TPSA) is 93.1 Å². The number of amides is 2. The Morgan fingerprint density at radius 2 is 1.61 bits per heavy atom. The van der Waals surface area contributed by atoms with Crippen LogP contribution in [-0.4, -0.2) is 99.6 Å². The monoisotopic (exact) mass is 604 g/mol. The van der Waals surface area contributed by atoms with Crippen molar-refractivity contribution in [3.8, 4) is 17.2 Å². The summed E-state index contributed by atoms with van der Waals surface area (Å²) < 4.78 is 35.5. The van der Waals surface area contributed by atoms with Crippen molar-refractivity contribution in [2.75, 3.05) is 67.3 Å². The average Bonchev–Trinajstić information content (AvgIpc) is 3.52. The lowest BCUT2D eigenvalue weighted by Gasteiger charge is -2.31. The SMILES string of the molecule is COc1ccc(C(=O)N(CCN2CCOCC2)CC(=O)N2N=C(c3ccc(OC)cc3OC)C[C@@H]2c2ccc(F)cc2)cc1. The Morgan fingerprint density at radius 3 is 2.27 bits per heavy atom. The van der Waals surface area contributed by atoms with E-state index in [0.717, 1.165) is 18.7 Å². The molecule has 0 spiro atoms. The van der Waals surface area contributed by atoms with Crippen LogP contribution < -0.4 is 14.2 Å². The number of carbonyl (C=O) groups is 2. The molecule has 0 saturated carbocycles. The Bertz CT molecular complexity index is 1470. The summed E-state index contributed by atoms with van der Waals surface area (Å²) in [6.07, 6.45) is 0.375. The second-order valence-electron chi connectivity index (χ2n) is 10.5. The standard InChI is InChI=1S/C33H37FN4O6/c1-41-26-10-6-24(7-11-26)33(40)37(15-14-36-16-18-44-19-17-36)22-32(39)38-30(23-4-8-25(34)9-5-23)21-29(35-38)28-13-12-27(42-2)20-31(28)43-3/h4-13,20,30H,14-19,21-22H2,1-3H3/t30-/m1/s1. The fourth-order valence-electron chi connectivity index (χ4n) is 5.38. The van der Waals surface area contributed by atoms with Gasteiger partial charge in [-0.25, -0.2) is 9.40 Å². The molecule has 2 aliphatic rings. The molecule has 0 aromatic heterocycles. The number of halogens is 1. The van der Waals surface area contributed by atoms with Gasteiger partial charge in [0.1, 0.15) is 29.6 Å². The van der Waals surface area contributed by atoms with Crippen LogP contribution in [0.3, 0.4) is 0 Å². The van der Waals surface area contributed by atoms with Gasteiger partial charge in [-0.3, -0.25) is 14.5 Å². The molecule has 3 aromatic carbocycles. The quantitative estimate of drug-likeness (QED) is 0.327. The predicted octanol–water partition coefficient (Wildman–Crippen LogP) is 4.00. The Labute approximate surface area is 256 Å². The number of nitrogens with zero attached hydrogens (tertiary/aromatic N) is 4. The van der Waals surface area contributed by atoms with Gasteiger partial charge in [-0.1, -0.05) is 12.1 Å². The van der Waals surface area contributed by atoms with Gasteiger partial charge in [-0.2, -0.15) is 5.10 Å². The molecule has 0 bridgehead atoms. The van der Waals surface area contributed by atoms with Crippen LogP contribution in [0.15, 0.2) is 71.8 Å². The fourth-order valence-corrected chi connectivity index (χ4v) is 5.38. The van der Waals surface area contributed by atoms with Gasteiger partial charge in [0, 0.05) is 49.8 Å². The van der Waals surface area contributed by atoms with E-state index in [4.69, 9.17) is 24.0 Å². The largest absolute Gasteiger partial charge is 0.497 e. The van der Waals surface area contributed by atoms with Gasteiger partial charge in [0.2, 0.25) is 0 Å². The van der Waals surface area contributed by atoms with Crippen molar-refractivity contribution in [2.45, 2.75) is 12.5 Å². The zero-order chi connectivity index (χ0) is 31.1. The zero-order valence-corrected chi connectivity index (χ0v) is 25.2. The van der Waals surface area contributed by atoms with Crippen molar-refractivity contribution in [1.82, 2.24) is 14.8 Å². The highest BCUT2D eigenvalue weighted by Crippen LogP contribution is 2.36. The van der Waals surface area contributed by atoms with E-state index in [1.807, 2.05) is 6.07 Å². The highest BCUT2D eigenvalue weighted by atomic mass is 19.1. The molecular weight excluding hydrogens is 567 g/mol. The van der Waals surface area contributed by atoms with Crippen molar-refractivity contribution in [1.29, 1.82) is 0 Å². The molecule has 10 nitrogen and oxygen atoms in total. The number of methoxy groups -OCH3 is 3. The summed E-state index contributed by atoms with van der Waals surface area (Å²) in [5.74, 6) is 0.810. The van der Waals surface area contributed by atoms with Crippen molar-refractivity contribution in [3.05, 3.63) is 89.2 Å². The third kappa shape index (κ3) is 7.17. The summed E-state index contributed by atoms with van der Waals surface area (Å²) in [5, 5.41) is 6.18. The van der Waals surface area contributed by atoms with E-state index in [1.165, 1.54) is 17.1 Å². The molecule has 0 N–H and O–H groups in total. The van der Waals surface area contributed by atoms with Crippen molar-refractivity contribution >= 4 is 17.5 Å². The molecule has 2 heterocycles. The van der Waals surface area contributed by atoms with E-state index in [9.17, 15) is 14.0 Å². The van der Waals surface area contributed by atoms with Gasteiger partial charge in [0.15, 0.2) is 0 Å². The second kappa shape index (κ2) is 14.3. The summed E-state index contributed by atoms with van der Waals surface area (Å²) in [6, 6.07) is 17.8. The highest BCUT2D eigenvalue weighted by molar-refractivity contribution is 6.05. The molecular formula is C33H37FN4O6. The van der Waals surface area contributed by atoms with E-state index in [0.29, 0.717) is 66.8 Å². The van der Waals surface area contributed by atoms with E-state index in [-0.39, 0.29) is 24.2 Å². The van der Waals surface area contributed by atoms with E-state index < -0.39 is 6.04 Å². The summed E-state index contributed by atoms with van der Waals surface area (Å²) in [6.45, 7) is 3.52. The van der Waals surface area contributed by atoms with Gasteiger partial charge in [-0.05, 0) is 54.1 Å². The molecule has 0 aliphatic carbocycles. The molecule has 2 amide bonds. The maximum atomic E-state index is 14.1. The lowest BCUT2D eigenvalue weighted by molar-refractivity contribution is -0.133. The van der Waals surface area contributed by atoms with Crippen LogP contribution in [0.25, 0.3) is 0 Å². The Kier molecular flexibility index (Phi) is 10.1. The summed E-state index contributed by atoms with van der Waals surface area (Å²) in [5.41, 5.74) is 2.53.